The Hall–Kier alpha value is -2.07. The average molecular weight is 298 g/mol. The van der Waals surface area contributed by atoms with Crippen molar-refractivity contribution in [1.82, 2.24) is 10.3 Å². The third-order valence-corrected chi connectivity index (χ3v) is 4.05. The Morgan fingerprint density at radius 1 is 1.14 bits per heavy atom. The molecule has 1 fully saturated rings. The summed E-state index contributed by atoms with van der Waals surface area (Å²) in [4.78, 5) is 4.00. The predicted molar refractivity (Wildman–Crippen MR) is 86.0 cm³/mol. The summed E-state index contributed by atoms with van der Waals surface area (Å²) >= 11 is 0. The molecule has 1 aromatic carbocycles. The Kier molecular flexibility index (Phi) is 4.59. The van der Waals surface area contributed by atoms with Crippen LogP contribution < -0.4 is 14.8 Å². The molecule has 3 rings (SSSR count). The van der Waals surface area contributed by atoms with Gasteiger partial charge in [0.05, 0.1) is 7.11 Å². The summed E-state index contributed by atoms with van der Waals surface area (Å²) < 4.78 is 11.3. The molecule has 2 aromatic rings. The molecule has 116 valence electrons. The van der Waals surface area contributed by atoms with Crippen molar-refractivity contribution in [3.05, 3.63) is 53.9 Å². The zero-order valence-corrected chi connectivity index (χ0v) is 13.1. The molecule has 22 heavy (non-hydrogen) atoms. The number of methoxy groups -OCH3 is 1. The topological polar surface area (TPSA) is 43.4 Å². The molecule has 4 heteroatoms. The second-order valence-corrected chi connectivity index (χ2v) is 5.83. The Bertz CT molecular complexity index is 616. The molecule has 1 heterocycles. The van der Waals surface area contributed by atoms with Gasteiger partial charge in [0, 0.05) is 25.0 Å². The van der Waals surface area contributed by atoms with Gasteiger partial charge in [-0.25, -0.2) is 0 Å². The highest BCUT2D eigenvalue weighted by atomic mass is 16.5. The van der Waals surface area contributed by atoms with Crippen LogP contribution in [0.25, 0.3) is 0 Å². The fraction of sp³-hybridized carbons (Fsp3) is 0.389. The lowest BCUT2D eigenvalue weighted by Crippen LogP contribution is -2.17. The first-order chi connectivity index (χ1) is 10.8. The van der Waals surface area contributed by atoms with E-state index in [0.717, 1.165) is 29.5 Å². The molecule has 0 saturated heterocycles. The lowest BCUT2D eigenvalue weighted by molar-refractivity contribution is 0.284. The van der Waals surface area contributed by atoms with Crippen LogP contribution in [-0.4, -0.2) is 18.1 Å². The summed E-state index contributed by atoms with van der Waals surface area (Å²) in [7, 11) is 1.68. The Morgan fingerprint density at radius 2 is 1.91 bits per heavy atom. The average Bonchev–Trinajstić information content (AvgIpc) is 3.27. The van der Waals surface area contributed by atoms with Crippen LogP contribution in [0.4, 0.5) is 0 Å². The molecule has 0 aliphatic heterocycles. The third kappa shape index (κ3) is 3.77. The van der Waals surface area contributed by atoms with Crippen molar-refractivity contribution in [2.75, 3.05) is 7.11 Å². The summed E-state index contributed by atoms with van der Waals surface area (Å²) in [5, 5.41) is 3.55. The maximum absolute atomic E-state index is 5.85. The lowest BCUT2D eigenvalue weighted by atomic mass is 10.2. The number of pyridine rings is 1. The van der Waals surface area contributed by atoms with Crippen LogP contribution in [0.2, 0.25) is 0 Å². The van der Waals surface area contributed by atoms with Crippen LogP contribution in [0, 0.1) is 5.92 Å². The maximum atomic E-state index is 5.85. The molecule has 0 unspecified atom stereocenters. The van der Waals surface area contributed by atoms with Crippen LogP contribution >= 0.6 is 0 Å². The van der Waals surface area contributed by atoms with E-state index in [9.17, 15) is 0 Å². The van der Waals surface area contributed by atoms with Crippen molar-refractivity contribution in [2.24, 2.45) is 5.92 Å². The Labute approximate surface area is 131 Å². The van der Waals surface area contributed by atoms with Crippen LogP contribution in [0.15, 0.2) is 42.7 Å². The first kappa shape index (κ1) is 14.9. The van der Waals surface area contributed by atoms with Crippen molar-refractivity contribution < 1.29 is 9.47 Å². The zero-order valence-electron chi connectivity index (χ0n) is 13.1. The smallest absolute Gasteiger partial charge is 0.161 e. The van der Waals surface area contributed by atoms with E-state index in [-0.39, 0.29) is 0 Å². The first-order valence-corrected chi connectivity index (χ1v) is 7.68. The van der Waals surface area contributed by atoms with Gasteiger partial charge >= 0.3 is 0 Å². The van der Waals surface area contributed by atoms with Crippen LogP contribution in [-0.2, 0) is 13.2 Å². The number of benzene rings is 1. The largest absolute Gasteiger partial charge is 0.493 e. The number of nitrogens with zero attached hydrogens (tertiary/aromatic N) is 1. The van der Waals surface area contributed by atoms with Gasteiger partial charge in [0.25, 0.3) is 0 Å². The predicted octanol–water partition coefficient (Wildman–Crippen LogP) is 3.17. The van der Waals surface area contributed by atoms with E-state index in [0.29, 0.717) is 12.6 Å². The van der Waals surface area contributed by atoms with Gasteiger partial charge in [-0.05, 0) is 47.7 Å². The van der Waals surface area contributed by atoms with Crippen molar-refractivity contribution in [3.63, 3.8) is 0 Å². The molecule has 1 aliphatic rings. The number of rotatable bonds is 7. The first-order valence-electron chi connectivity index (χ1n) is 7.68. The molecule has 1 saturated carbocycles. The van der Waals surface area contributed by atoms with Gasteiger partial charge in [0.1, 0.15) is 6.61 Å². The highest BCUT2D eigenvalue weighted by Gasteiger charge is 2.31. The monoisotopic (exact) mass is 298 g/mol. The standard InChI is InChI=1S/C18H22N2O2/c1-13-9-16(13)20-11-15-3-4-17(18(10-15)21-2)22-12-14-5-7-19-8-6-14/h3-8,10,13,16,20H,9,11-12H2,1-2H3/t13-,16-/m1/s1. The number of hydrogen-bond donors (Lipinski definition) is 1. The van der Waals surface area contributed by atoms with E-state index < -0.39 is 0 Å². The van der Waals surface area contributed by atoms with Crippen molar-refractivity contribution in [2.45, 2.75) is 32.5 Å². The molecule has 0 bridgehead atoms. The van der Waals surface area contributed by atoms with E-state index in [1.54, 1.807) is 19.5 Å². The summed E-state index contributed by atoms with van der Waals surface area (Å²) in [6.07, 6.45) is 4.82. The van der Waals surface area contributed by atoms with Crippen molar-refractivity contribution in [3.8, 4) is 11.5 Å². The number of ether oxygens (including phenoxy) is 2. The summed E-state index contributed by atoms with van der Waals surface area (Å²) in [6, 6.07) is 10.7. The molecule has 2 atom stereocenters. The molecular weight excluding hydrogens is 276 g/mol. The normalized spacial score (nSPS) is 19.7. The van der Waals surface area contributed by atoms with E-state index in [2.05, 4.69) is 23.3 Å². The fourth-order valence-electron chi connectivity index (χ4n) is 2.44. The Balaban J connectivity index is 1.61. The quantitative estimate of drug-likeness (QED) is 0.852. The van der Waals surface area contributed by atoms with Gasteiger partial charge in [0.15, 0.2) is 11.5 Å². The molecule has 1 N–H and O–H groups in total. The summed E-state index contributed by atoms with van der Waals surface area (Å²) in [5.41, 5.74) is 2.30. The zero-order chi connectivity index (χ0) is 15.4. The molecule has 0 radical (unpaired) electrons. The van der Waals surface area contributed by atoms with E-state index in [4.69, 9.17) is 9.47 Å². The summed E-state index contributed by atoms with van der Waals surface area (Å²) in [5.74, 6) is 2.35. The van der Waals surface area contributed by atoms with E-state index in [1.165, 1.54) is 12.0 Å². The van der Waals surface area contributed by atoms with E-state index in [1.807, 2.05) is 24.3 Å². The number of nitrogens with one attached hydrogen (secondary N) is 1. The van der Waals surface area contributed by atoms with Gasteiger partial charge in [-0.3, -0.25) is 4.98 Å². The third-order valence-electron chi connectivity index (χ3n) is 4.05. The van der Waals surface area contributed by atoms with Gasteiger partial charge in [0.2, 0.25) is 0 Å². The molecular formula is C18H22N2O2. The minimum absolute atomic E-state index is 0.510. The van der Waals surface area contributed by atoms with Crippen LogP contribution in [0.5, 0.6) is 11.5 Å². The molecule has 0 spiro atoms. The second kappa shape index (κ2) is 6.79. The summed E-state index contributed by atoms with van der Waals surface area (Å²) in [6.45, 7) is 3.65. The maximum Gasteiger partial charge on any atom is 0.161 e. The Morgan fingerprint density at radius 3 is 2.59 bits per heavy atom. The van der Waals surface area contributed by atoms with Gasteiger partial charge in [-0.15, -0.1) is 0 Å². The molecule has 0 amide bonds. The van der Waals surface area contributed by atoms with Crippen molar-refractivity contribution in [1.29, 1.82) is 0 Å². The van der Waals surface area contributed by atoms with Gasteiger partial charge in [-0.2, -0.15) is 0 Å². The van der Waals surface area contributed by atoms with Crippen LogP contribution in [0.3, 0.4) is 0 Å². The highest BCUT2D eigenvalue weighted by molar-refractivity contribution is 5.43. The molecule has 4 nitrogen and oxygen atoms in total. The highest BCUT2D eigenvalue weighted by Crippen LogP contribution is 2.31. The molecule has 1 aliphatic carbocycles. The van der Waals surface area contributed by atoms with Gasteiger partial charge in [-0.1, -0.05) is 13.0 Å². The van der Waals surface area contributed by atoms with Crippen molar-refractivity contribution >= 4 is 0 Å². The van der Waals surface area contributed by atoms with Crippen LogP contribution in [0.1, 0.15) is 24.5 Å². The van der Waals surface area contributed by atoms with E-state index >= 15 is 0 Å². The number of hydrogen-bond acceptors (Lipinski definition) is 4. The SMILES string of the molecule is COc1cc(CN[C@@H]2C[C@H]2C)ccc1OCc1ccncc1. The fourth-order valence-corrected chi connectivity index (χ4v) is 2.44. The molecule has 1 aromatic heterocycles. The van der Waals surface area contributed by atoms with Gasteiger partial charge < -0.3 is 14.8 Å². The number of aromatic nitrogens is 1. The minimum Gasteiger partial charge on any atom is -0.493 e. The second-order valence-electron chi connectivity index (χ2n) is 5.83. The lowest BCUT2D eigenvalue weighted by Gasteiger charge is -2.12. The minimum atomic E-state index is 0.510.